The van der Waals surface area contributed by atoms with E-state index in [0.717, 1.165) is 18.1 Å². The van der Waals surface area contributed by atoms with Gasteiger partial charge in [-0.3, -0.25) is 4.79 Å². The van der Waals surface area contributed by atoms with Crippen molar-refractivity contribution in [2.75, 3.05) is 11.9 Å². The number of hydrogen-bond acceptors (Lipinski definition) is 4. The van der Waals surface area contributed by atoms with E-state index in [1.54, 1.807) is 0 Å². The Bertz CT molecular complexity index is 981. The molecule has 4 N–H and O–H groups in total. The predicted molar refractivity (Wildman–Crippen MR) is 120 cm³/mol. The molecule has 0 aromatic heterocycles. The van der Waals surface area contributed by atoms with Crippen LogP contribution in [0.15, 0.2) is 48.5 Å². The number of fused-ring (bicyclic) bond motifs is 3. The normalized spacial score (nSPS) is 25.5. The number of hydrogen-bond donors (Lipinski definition) is 3. The van der Waals surface area contributed by atoms with E-state index in [-0.39, 0.29) is 36.4 Å². The summed E-state index contributed by atoms with van der Waals surface area (Å²) >= 11 is 0. The van der Waals surface area contributed by atoms with E-state index in [0.29, 0.717) is 17.7 Å². The highest BCUT2D eigenvalue weighted by molar-refractivity contribution is 5.81. The average Bonchev–Trinajstić information content (AvgIpc) is 2.80. The van der Waals surface area contributed by atoms with Crippen LogP contribution in [0, 0.1) is 11.8 Å². The van der Waals surface area contributed by atoms with Crippen LogP contribution < -0.4 is 16.4 Å². The molecule has 1 amide bonds. The molecule has 4 rings (SSSR count). The van der Waals surface area contributed by atoms with Crippen molar-refractivity contribution in [1.29, 1.82) is 0 Å². The Balaban J connectivity index is 1.60. The minimum absolute atomic E-state index is 0.00497. The molecule has 2 aliphatic heterocycles. The summed E-state index contributed by atoms with van der Waals surface area (Å²) in [6.45, 7) is 4.03. The molecule has 0 saturated carbocycles. The molecule has 0 aliphatic carbocycles. The number of ether oxygens (including phenoxy) is 1. The van der Waals surface area contributed by atoms with Crippen LogP contribution in [0.2, 0.25) is 0 Å². The lowest BCUT2D eigenvalue weighted by molar-refractivity contribution is -0.138. The summed E-state index contributed by atoms with van der Waals surface area (Å²) in [7, 11) is 0. The first kappa shape index (κ1) is 23.6. The van der Waals surface area contributed by atoms with Crippen LogP contribution in [-0.4, -0.2) is 24.6 Å². The van der Waals surface area contributed by atoms with E-state index >= 15 is 0 Å². The van der Waals surface area contributed by atoms with Crippen molar-refractivity contribution >= 4 is 11.6 Å². The monoisotopic (exact) mass is 461 g/mol. The number of nitrogens with two attached hydrogens (primary N) is 1. The molecule has 2 aromatic carbocycles. The molecule has 8 heteroatoms. The van der Waals surface area contributed by atoms with Crippen molar-refractivity contribution in [3.63, 3.8) is 0 Å². The summed E-state index contributed by atoms with van der Waals surface area (Å²) in [5, 5.41) is 6.30. The summed E-state index contributed by atoms with van der Waals surface area (Å²) in [6, 6.07) is 13.0. The molecule has 0 radical (unpaired) electrons. The van der Waals surface area contributed by atoms with E-state index in [1.165, 1.54) is 12.1 Å². The zero-order valence-corrected chi connectivity index (χ0v) is 18.7. The highest BCUT2D eigenvalue weighted by Crippen LogP contribution is 2.51. The van der Waals surface area contributed by atoms with Gasteiger partial charge in [-0.2, -0.15) is 13.2 Å². The maximum Gasteiger partial charge on any atom is 0.416 e. The van der Waals surface area contributed by atoms with Crippen molar-refractivity contribution in [2.24, 2.45) is 17.6 Å². The van der Waals surface area contributed by atoms with Crippen LogP contribution in [0.25, 0.3) is 0 Å². The third kappa shape index (κ3) is 5.01. The number of amides is 1. The second-order valence-corrected chi connectivity index (χ2v) is 9.27. The Morgan fingerprint density at radius 1 is 1.18 bits per heavy atom. The van der Waals surface area contributed by atoms with Crippen molar-refractivity contribution < 1.29 is 22.7 Å². The smallest absolute Gasteiger partial charge is 0.378 e. The van der Waals surface area contributed by atoms with Gasteiger partial charge in [-0.25, -0.2) is 0 Å². The fraction of sp³-hybridized carbons (Fsp3) is 0.480. The SMILES string of the molecule is CC(C)[C@@H](N)C(=O)NC[C@H]1CC[C@@H]2[C@H](O1)c1cc(C(F)(F)F)ccc1N[C@H]2c1ccccc1. The van der Waals surface area contributed by atoms with Gasteiger partial charge in [0.25, 0.3) is 0 Å². The van der Waals surface area contributed by atoms with Crippen LogP contribution in [0.1, 0.15) is 55.5 Å². The summed E-state index contributed by atoms with van der Waals surface area (Å²) in [4.78, 5) is 12.3. The van der Waals surface area contributed by atoms with Crippen molar-refractivity contribution in [3.8, 4) is 0 Å². The number of nitrogens with one attached hydrogen (secondary N) is 2. The average molecular weight is 462 g/mol. The van der Waals surface area contributed by atoms with Gasteiger partial charge in [0.05, 0.1) is 29.9 Å². The maximum atomic E-state index is 13.4. The Hall–Kier alpha value is -2.58. The molecule has 33 heavy (non-hydrogen) atoms. The van der Waals surface area contributed by atoms with Gasteiger partial charge in [-0.1, -0.05) is 44.2 Å². The lowest BCUT2D eigenvalue weighted by Crippen LogP contribution is -2.48. The minimum atomic E-state index is -4.43. The summed E-state index contributed by atoms with van der Waals surface area (Å²) in [5.74, 6) is -0.276. The lowest BCUT2D eigenvalue weighted by atomic mass is 9.76. The van der Waals surface area contributed by atoms with Gasteiger partial charge in [-0.15, -0.1) is 0 Å². The summed E-state index contributed by atoms with van der Waals surface area (Å²) < 4.78 is 46.7. The third-order valence-electron chi connectivity index (χ3n) is 6.66. The van der Waals surface area contributed by atoms with Gasteiger partial charge in [-0.05, 0) is 42.5 Å². The number of alkyl halides is 3. The first-order valence-electron chi connectivity index (χ1n) is 11.4. The van der Waals surface area contributed by atoms with Gasteiger partial charge in [0.1, 0.15) is 0 Å². The highest BCUT2D eigenvalue weighted by atomic mass is 19.4. The van der Waals surface area contributed by atoms with Crippen molar-refractivity contribution in [3.05, 3.63) is 65.2 Å². The third-order valence-corrected chi connectivity index (χ3v) is 6.66. The molecule has 2 aromatic rings. The van der Waals surface area contributed by atoms with E-state index in [2.05, 4.69) is 10.6 Å². The second kappa shape index (κ2) is 9.35. The van der Waals surface area contributed by atoms with Crippen LogP contribution >= 0.6 is 0 Å². The van der Waals surface area contributed by atoms with Crippen LogP contribution in [-0.2, 0) is 15.7 Å². The number of carbonyl (C=O) groups is 1. The first-order valence-corrected chi connectivity index (χ1v) is 11.4. The fourth-order valence-electron chi connectivity index (χ4n) is 4.71. The molecule has 2 heterocycles. The quantitative estimate of drug-likeness (QED) is 0.598. The summed E-state index contributed by atoms with van der Waals surface area (Å²) in [6.07, 6.45) is -3.80. The molecule has 0 unspecified atom stereocenters. The van der Waals surface area contributed by atoms with E-state index in [9.17, 15) is 18.0 Å². The molecular weight excluding hydrogens is 431 g/mol. The van der Waals surface area contributed by atoms with Gasteiger partial charge >= 0.3 is 6.18 Å². The molecule has 178 valence electrons. The van der Waals surface area contributed by atoms with E-state index < -0.39 is 23.9 Å². The predicted octanol–water partition coefficient (Wildman–Crippen LogP) is 4.81. The number of benzene rings is 2. The molecule has 5 nitrogen and oxygen atoms in total. The summed E-state index contributed by atoms with van der Waals surface area (Å²) in [5.41, 5.74) is 7.44. The van der Waals surface area contributed by atoms with Gasteiger partial charge in [0, 0.05) is 23.7 Å². The largest absolute Gasteiger partial charge is 0.416 e. The zero-order valence-electron chi connectivity index (χ0n) is 18.7. The van der Waals surface area contributed by atoms with Crippen LogP contribution in [0.5, 0.6) is 0 Å². The maximum absolute atomic E-state index is 13.4. The Kier molecular flexibility index (Phi) is 6.68. The van der Waals surface area contributed by atoms with E-state index in [4.69, 9.17) is 10.5 Å². The van der Waals surface area contributed by atoms with Crippen LogP contribution in [0.4, 0.5) is 18.9 Å². The molecule has 0 bridgehead atoms. The van der Waals surface area contributed by atoms with Gasteiger partial charge < -0.3 is 21.1 Å². The van der Waals surface area contributed by atoms with Gasteiger partial charge in [0.15, 0.2) is 0 Å². The molecule has 1 saturated heterocycles. The molecule has 2 aliphatic rings. The number of rotatable bonds is 5. The standard InChI is InChI=1S/C25H30F3N3O2/c1-14(2)21(29)24(32)30-13-17-9-10-18-22(15-6-4-3-5-7-15)31-20-11-8-16(25(26,27)28)12-19(20)23(18)33-17/h3-8,11-12,14,17-18,21-23,31H,9-10,13,29H2,1-2H3,(H,30,32)/t17-,18+,21-,22+,23+/m1/s1. The second-order valence-electron chi connectivity index (χ2n) is 9.27. The molecule has 1 fully saturated rings. The number of halogens is 3. The zero-order chi connectivity index (χ0) is 23.8. The minimum Gasteiger partial charge on any atom is -0.378 e. The Morgan fingerprint density at radius 2 is 1.91 bits per heavy atom. The molecular formula is C25H30F3N3O2. The van der Waals surface area contributed by atoms with E-state index in [1.807, 2.05) is 44.2 Å². The van der Waals surface area contributed by atoms with Crippen molar-refractivity contribution in [1.82, 2.24) is 5.32 Å². The Morgan fingerprint density at radius 3 is 2.58 bits per heavy atom. The lowest BCUT2D eigenvalue weighted by Gasteiger charge is -2.46. The number of carbonyl (C=O) groups excluding carboxylic acids is 1. The van der Waals surface area contributed by atoms with Crippen LogP contribution in [0.3, 0.4) is 0 Å². The van der Waals surface area contributed by atoms with Gasteiger partial charge in [0.2, 0.25) is 5.91 Å². The first-order chi connectivity index (χ1) is 15.6. The number of anilines is 1. The topological polar surface area (TPSA) is 76.4 Å². The fourth-order valence-corrected chi connectivity index (χ4v) is 4.71. The molecule has 0 spiro atoms. The van der Waals surface area contributed by atoms with Crippen molar-refractivity contribution in [2.45, 2.75) is 57.2 Å². The highest BCUT2D eigenvalue weighted by Gasteiger charge is 2.43. The molecule has 5 atom stereocenters. The Labute approximate surface area is 191 Å².